The summed E-state index contributed by atoms with van der Waals surface area (Å²) in [4.78, 5) is 51.3. The molecule has 280 valence electrons. The number of nitrogens with zero attached hydrogens (tertiary/aromatic N) is 9. The quantitative estimate of drug-likeness (QED) is 0.122. The average molecular weight is 732 g/mol. The molecule has 0 aliphatic carbocycles. The summed E-state index contributed by atoms with van der Waals surface area (Å²) in [6.45, 7) is 13.3. The Morgan fingerprint density at radius 1 is 0.852 bits per heavy atom. The van der Waals surface area contributed by atoms with E-state index in [1.807, 2.05) is 61.1 Å². The fourth-order valence-electron chi connectivity index (χ4n) is 7.02. The van der Waals surface area contributed by atoms with Crippen LogP contribution in [0.5, 0.6) is 0 Å². The number of para-hydroxylation sites is 1. The Hall–Kier alpha value is -5.93. The maximum absolute atomic E-state index is 13.6. The Bertz CT molecular complexity index is 2390. The molecule has 4 aromatic heterocycles. The summed E-state index contributed by atoms with van der Waals surface area (Å²) in [7, 11) is 0. The van der Waals surface area contributed by atoms with Crippen molar-refractivity contribution in [3.05, 3.63) is 100 Å². The molecule has 15 heteroatoms. The van der Waals surface area contributed by atoms with Crippen LogP contribution in [-0.4, -0.2) is 87.5 Å². The van der Waals surface area contributed by atoms with Gasteiger partial charge in [0.05, 0.1) is 53.1 Å². The van der Waals surface area contributed by atoms with Crippen LogP contribution >= 0.6 is 0 Å². The zero-order chi connectivity index (χ0) is 37.9. The van der Waals surface area contributed by atoms with E-state index in [1.165, 1.54) is 0 Å². The molecule has 0 bridgehead atoms. The Morgan fingerprint density at radius 3 is 2.24 bits per heavy atom. The molecule has 1 saturated heterocycles. The largest absolute Gasteiger partial charge is 0.379 e. The van der Waals surface area contributed by atoms with E-state index in [0.717, 1.165) is 46.6 Å². The lowest BCUT2D eigenvalue weighted by Gasteiger charge is -2.26. The van der Waals surface area contributed by atoms with Crippen molar-refractivity contribution in [1.82, 2.24) is 43.6 Å². The summed E-state index contributed by atoms with van der Waals surface area (Å²) in [6, 6.07) is 14.8. The molecule has 1 fully saturated rings. The summed E-state index contributed by atoms with van der Waals surface area (Å²) < 4.78 is 12.9. The standard InChI is InChI=1S/C39H45N11O4/c1-5-49-32(20-25(3)44-49)34(51)23-35-41-29-22-27(37(40)52)12-13-30(29)47(35)14-7-8-15-48-31-11-9-10-28(24-46-16-18-54-19-17-46)36(31)42-39(48)43-38(53)33-21-26(4)45-50(33)6-2/h7-13,20-22H,5-6,14-19,23-24H2,1-4H3,(H2,40,52)(H,42,43,53)/b8-7+. The number of allylic oxidation sites excluding steroid dienone is 2. The number of ketones is 1. The van der Waals surface area contributed by atoms with E-state index in [1.54, 1.807) is 39.7 Å². The number of benzene rings is 2. The van der Waals surface area contributed by atoms with Gasteiger partial charge < -0.3 is 19.6 Å². The number of aryl methyl sites for hydroxylation is 4. The molecule has 7 rings (SSSR count). The number of primary amides is 1. The van der Waals surface area contributed by atoms with Gasteiger partial charge in [0.25, 0.3) is 5.91 Å². The van der Waals surface area contributed by atoms with Gasteiger partial charge in [-0.3, -0.25) is 34.0 Å². The van der Waals surface area contributed by atoms with Crippen molar-refractivity contribution in [3.8, 4) is 0 Å². The molecule has 0 atom stereocenters. The summed E-state index contributed by atoms with van der Waals surface area (Å²) in [6.07, 6.45) is 4.06. The number of nitrogens with one attached hydrogen (secondary N) is 1. The molecule has 5 heterocycles. The summed E-state index contributed by atoms with van der Waals surface area (Å²) in [5, 5.41) is 12.0. The minimum atomic E-state index is -0.552. The van der Waals surface area contributed by atoms with Gasteiger partial charge >= 0.3 is 0 Å². The maximum Gasteiger partial charge on any atom is 0.276 e. The smallest absolute Gasteiger partial charge is 0.276 e. The SMILES string of the molecule is CCn1nc(C)cc1C(=O)Cc1nc2cc(C(N)=O)ccc2n1C/C=C/Cn1c(NC(=O)c2cc(C)nn2CC)nc2c(CN3CCOCC3)cccc21. The predicted molar refractivity (Wildman–Crippen MR) is 204 cm³/mol. The van der Waals surface area contributed by atoms with Crippen molar-refractivity contribution in [2.75, 3.05) is 31.6 Å². The predicted octanol–water partition coefficient (Wildman–Crippen LogP) is 4.30. The fraction of sp³-hybridized carbons (Fsp3) is 0.359. The van der Waals surface area contributed by atoms with Gasteiger partial charge in [0.2, 0.25) is 11.9 Å². The van der Waals surface area contributed by atoms with E-state index in [0.29, 0.717) is 80.2 Å². The first kappa shape index (κ1) is 36.4. The Balaban J connectivity index is 1.20. The van der Waals surface area contributed by atoms with Crippen LogP contribution in [0.1, 0.15) is 68.0 Å². The number of amides is 2. The van der Waals surface area contributed by atoms with Crippen LogP contribution in [0.15, 0.2) is 60.7 Å². The zero-order valence-electron chi connectivity index (χ0n) is 31.1. The van der Waals surface area contributed by atoms with Crippen molar-refractivity contribution in [1.29, 1.82) is 0 Å². The monoisotopic (exact) mass is 731 g/mol. The lowest BCUT2D eigenvalue weighted by molar-refractivity contribution is 0.0343. The van der Waals surface area contributed by atoms with Crippen LogP contribution in [0, 0.1) is 13.8 Å². The first-order chi connectivity index (χ1) is 26.1. The van der Waals surface area contributed by atoms with Crippen molar-refractivity contribution >= 4 is 45.6 Å². The number of anilines is 1. The number of fused-ring (bicyclic) bond motifs is 2. The summed E-state index contributed by atoms with van der Waals surface area (Å²) in [5.41, 5.74) is 12.5. The van der Waals surface area contributed by atoms with E-state index in [4.69, 9.17) is 20.4 Å². The van der Waals surface area contributed by atoms with E-state index >= 15 is 0 Å². The topological polar surface area (TPSA) is 173 Å². The normalized spacial score (nSPS) is 13.8. The molecule has 1 aliphatic rings. The Morgan fingerprint density at radius 2 is 1.54 bits per heavy atom. The molecule has 0 radical (unpaired) electrons. The van der Waals surface area contributed by atoms with Crippen LogP contribution < -0.4 is 11.1 Å². The van der Waals surface area contributed by atoms with E-state index < -0.39 is 5.91 Å². The third-order valence-corrected chi connectivity index (χ3v) is 9.68. The Kier molecular flexibility index (Phi) is 10.5. The van der Waals surface area contributed by atoms with Gasteiger partial charge in [-0.2, -0.15) is 10.2 Å². The van der Waals surface area contributed by atoms with Crippen LogP contribution in [0.2, 0.25) is 0 Å². The minimum Gasteiger partial charge on any atom is -0.379 e. The molecular formula is C39H45N11O4. The highest BCUT2D eigenvalue weighted by Gasteiger charge is 2.22. The van der Waals surface area contributed by atoms with Crippen molar-refractivity contribution in [3.63, 3.8) is 0 Å². The highest BCUT2D eigenvalue weighted by Crippen LogP contribution is 2.26. The highest BCUT2D eigenvalue weighted by molar-refractivity contribution is 6.03. The third-order valence-electron chi connectivity index (χ3n) is 9.68. The number of hydrogen-bond donors (Lipinski definition) is 2. The molecule has 0 unspecified atom stereocenters. The number of ether oxygens (including phenoxy) is 1. The first-order valence-corrected chi connectivity index (χ1v) is 18.3. The molecular weight excluding hydrogens is 687 g/mol. The first-order valence-electron chi connectivity index (χ1n) is 18.3. The number of hydrogen-bond acceptors (Lipinski definition) is 9. The van der Waals surface area contributed by atoms with Crippen molar-refractivity contribution < 1.29 is 19.1 Å². The number of Topliss-reactive ketones (excluding diaryl/α,β-unsaturated/α-hetero) is 1. The minimum absolute atomic E-state index is 0.0433. The number of rotatable bonds is 14. The van der Waals surface area contributed by atoms with Crippen molar-refractivity contribution in [2.45, 2.75) is 66.8 Å². The van der Waals surface area contributed by atoms with Crippen molar-refractivity contribution in [2.24, 2.45) is 5.73 Å². The van der Waals surface area contributed by atoms with E-state index in [-0.39, 0.29) is 18.1 Å². The second-order valence-electron chi connectivity index (χ2n) is 13.4. The number of nitrogens with two attached hydrogens (primary N) is 1. The van der Waals surface area contributed by atoms with Crippen LogP contribution in [-0.2, 0) is 43.9 Å². The fourth-order valence-corrected chi connectivity index (χ4v) is 7.02. The van der Waals surface area contributed by atoms with Gasteiger partial charge in [-0.05, 0) is 69.7 Å². The molecule has 2 amide bonds. The molecule has 0 spiro atoms. The van der Waals surface area contributed by atoms with Crippen LogP contribution in [0.4, 0.5) is 5.95 Å². The lowest BCUT2D eigenvalue weighted by Crippen LogP contribution is -2.35. The van der Waals surface area contributed by atoms with Gasteiger partial charge in [-0.1, -0.05) is 24.3 Å². The molecule has 3 N–H and O–H groups in total. The number of aromatic nitrogens is 8. The molecule has 2 aromatic carbocycles. The second-order valence-corrected chi connectivity index (χ2v) is 13.4. The second kappa shape index (κ2) is 15.6. The lowest BCUT2D eigenvalue weighted by atomic mass is 10.1. The highest BCUT2D eigenvalue weighted by atomic mass is 16.5. The molecule has 0 saturated carbocycles. The average Bonchev–Trinajstić information content (AvgIpc) is 3.93. The maximum atomic E-state index is 13.6. The van der Waals surface area contributed by atoms with Gasteiger partial charge in [-0.25, -0.2) is 9.97 Å². The van der Waals surface area contributed by atoms with Gasteiger partial charge in [0.15, 0.2) is 5.78 Å². The zero-order valence-corrected chi connectivity index (χ0v) is 31.1. The number of carbonyl (C=O) groups is 3. The third kappa shape index (κ3) is 7.45. The molecule has 1 aliphatic heterocycles. The van der Waals surface area contributed by atoms with E-state index in [2.05, 4.69) is 26.5 Å². The Labute approximate surface area is 312 Å². The molecule has 6 aromatic rings. The van der Waals surface area contributed by atoms with Crippen LogP contribution in [0.25, 0.3) is 22.1 Å². The molecule has 54 heavy (non-hydrogen) atoms. The van der Waals surface area contributed by atoms with Gasteiger partial charge in [0.1, 0.15) is 17.2 Å². The van der Waals surface area contributed by atoms with Crippen LogP contribution in [0.3, 0.4) is 0 Å². The number of morpholine rings is 1. The number of imidazole rings is 2. The molecule has 15 nitrogen and oxygen atoms in total. The van der Waals surface area contributed by atoms with Gasteiger partial charge in [0, 0.05) is 51.4 Å². The number of carbonyl (C=O) groups excluding carboxylic acids is 3. The van der Waals surface area contributed by atoms with Gasteiger partial charge in [-0.15, -0.1) is 0 Å². The summed E-state index contributed by atoms with van der Waals surface area (Å²) in [5.74, 6) is 0.0352. The summed E-state index contributed by atoms with van der Waals surface area (Å²) >= 11 is 0. The van der Waals surface area contributed by atoms with E-state index in [9.17, 15) is 14.4 Å².